The highest BCUT2D eigenvalue weighted by Crippen LogP contribution is 2.05. The van der Waals surface area contributed by atoms with E-state index >= 15 is 0 Å². The minimum Gasteiger partial charge on any atom is -0.462 e. The second kappa shape index (κ2) is 5.44. The lowest BCUT2D eigenvalue weighted by Crippen LogP contribution is -2.24. The molecule has 0 aliphatic rings. The third-order valence-electron chi connectivity index (χ3n) is 2.20. The molecule has 0 atom stereocenters. The molecule has 0 radical (unpaired) electrons. The molecular formula is C11H16N2O3. The number of esters is 1. The molecule has 1 rings (SSSR count). The Morgan fingerprint density at radius 3 is 2.69 bits per heavy atom. The minimum atomic E-state index is -0.572. The van der Waals surface area contributed by atoms with E-state index < -0.39 is 5.97 Å². The van der Waals surface area contributed by atoms with Crippen LogP contribution in [0.3, 0.4) is 0 Å². The van der Waals surface area contributed by atoms with Crippen molar-refractivity contribution < 1.29 is 9.53 Å². The fourth-order valence-corrected chi connectivity index (χ4v) is 1.43. The average Bonchev–Trinajstić information content (AvgIpc) is 2.24. The number of nitrogens with one attached hydrogen (secondary N) is 1. The first-order valence-electron chi connectivity index (χ1n) is 5.37. The number of aryl methyl sites for hydroxylation is 2. The Hall–Kier alpha value is -1.65. The van der Waals surface area contributed by atoms with Gasteiger partial charge in [-0.15, -0.1) is 0 Å². The third-order valence-corrected chi connectivity index (χ3v) is 2.20. The molecule has 0 aromatic carbocycles. The number of aromatic amines is 1. The van der Waals surface area contributed by atoms with Crippen molar-refractivity contribution in [2.24, 2.45) is 0 Å². The topological polar surface area (TPSA) is 72.0 Å². The van der Waals surface area contributed by atoms with Crippen LogP contribution >= 0.6 is 0 Å². The van der Waals surface area contributed by atoms with E-state index in [1.54, 1.807) is 13.8 Å². The van der Waals surface area contributed by atoms with Gasteiger partial charge in [0.25, 0.3) is 0 Å². The van der Waals surface area contributed by atoms with Gasteiger partial charge >= 0.3 is 5.97 Å². The zero-order valence-corrected chi connectivity index (χ0v) is 9.79. The van der Waals surface area contributed by atoms with Gasteiger partial charge in [-0.05, 0) is 20.3 Å². The zero-order chi connectivity index (χ0) is 12.1. The number of rotatable bonds is 4. The summed E-state index contributed by atoms with van der Waals surface area (Å²) in [6.07, 6.45) is 1.43. The lowest BCUT2D eigenvalue weighted by atomic mass is 10.1. The van der Waals surface area contributed by atoms with Gasteiger partial charge in [0.1, 0.15) is 11.3 Å². The van der Waals surface area contributed by atoms with Crippen molar-refractivity contribution in [1.29, 1.82) is 0 Å². The lowest BCUT2D eigenvalue weighted by molar-refractivity contribution is 0.0522. The quantitative estimate of drug-likeness (QED) is 0.780. The Bertz CT molecular complexity index is 437. The maximum absolute atomic E-state index is 11.8. The highest BCUT2D eigenvalue weighted by atomic mass is 16.5. The van der Waals surface area contributed by atoms with Crippen molar-refractivity contribution in [2.45, 2.75) is 33.6 Å². The predicted molar refractivity (Wildman–Crippen MR) is 59.5 cm³/mol. The zero-order valence-electron chi connectivity index (χ0n) is 9.79. The summed E-state index contributed by atoms with van der Waals surface area (Å²) >= 11 is 0. The highest BCUT2D eigenvalue weighted by molar-refractivity contribution is 5.90. The van der Waals surface area contributed by atoms with Gasteiger partial charge in [-0.3, -0.25) is 9.89 Å². The van der Waals surface area contributed by atoms with Gasteiger partial charge in [-0.25, -0.2) is 4.79 Å². The van der Waals surface area contributed by atoms with E-state index in [4.69, 9.17) is 4.74 Å². The van der Waals surface area contributed by atoms with E-state index in [1.165, 1.54) is 0 Å². The van der Waals surface area contributed by atoms with E-state index in [0.29, 0.717) is 12.1 Å². The van der Waals surface area contributed by atoms with E-state index in [0.717, 1.165) is 6.42 Å². The molecule has 0 aliphatic carbocycles. The highest BCUT2D eigenvalue weighted by Gasteiger charge is 2.18. The number of ether oxygens (including phenoxy) is 1. The van der Waals surface area contributed by atoms with Crippen LogP contribution in [0.15, 0.2) is 4.79 Å². The molecule has 0 unspecified atom stereocenters. The molecule has 0 bridgehead atoms. The molecule has 5 nitrogen and oxygen atoms in total. The lowest BCUT2D eigenvalue weighted by Gasteiger charge is -2.07. The molecule has 0 amide bonds. The maximum atomic E-state index is 11.8. The van der Waals surface area contributed by atoms with Crippen LogP contribution < -0.4 is 5.43 Å². The second-order valence-corrected chi connectivity index (χ2v) is 3.46. The fourth-order valence-electron chi connectivity index (χ4n) is 1.43. The summed E-state index contributed by atoms with van der Waals surface area (Å²) in [7, 11) is 0. The normalized spacial score (nSPS) is 10.2. The Balaban J connectivity index is 3.25. The van der Waals surface area contributed by atoms with Gasteiger partial charge in [0.2, 0.25) is 5.43 Å². The second-order valence-electron chi connectivity index (χ2n) is 3.46. The van der Waals surface area contributed by atoms with Crippen molar-refractivity contribution in [3.63, 3.8) is 0 Å². The summed E-state index contributed by atoms with van der Waals surface area (Å²) in [5.74, 6) is -0.572. The minimum absolute atomic E-state index is 0.0937. The summed E-state index contributed by atoms with van der Waals surface area (Å²) in [6.45, 7) is 5.50. The van der Waals surface area contributed by atoms with Gasteiger partial charge in [0.15, 0.2) is 0 Å². The van der Waals surface area contributed by atoms with Crippen LogP contribution in [0.1, 0.15) is 42.0 Å². The van der Waals surface area contributed by atoms with Crippen LogP contribution in [-0.4, -0.2) is 22.8 Å². The molecule has 1 heterocycles. The van der Waals surface area contributed by atoms with Crippen molar-refractivity contribution in [2.75, 3.05) is 6.61 Å². The van der Waals surface area contributed by atoms with Gasteiger partial charge in [-0.2, -0.15) is 5.10 Å². The summed E-state index contributed by atoms with van der Waals surface area (Å²) in [5, 5.41) is 6.59. The van der Waals surface area contributed by atoms with Crippen LogP contribution in [0.2, 0.25) is 0 Å². The van der Waals surface area contributed by atoms with Gasteiger partial charge < -0.3 is 4.74 Å². The van der Waals surface area contributed by atoms with Crippen LogP contribution in [0.4, 0.5) is 0 Å². The molecule has 0 spiro atoms. The molecule has 0 saturated carbocycles. The molecule has 5 heteroatoms. The fraction of sp³-hybridized carbons (Fsp3) is 0.545. The van der Waals surface area contributed by atoms with E-state index in [1.807, 2.05) is 6.92 Å². The summed E-state index contributed by atoms with van der Waals surface area (Å²) in [4.78, 5) is 23.4. The van der Waals surface area contributed by atoms with Gasteiger partial charge in [0.05, 0.1) is 12.3 Å². The van der Waals surface area contributed by atoms with Gasteiger partial charge in [-0.1, -0.05) is 13.3 Å². The Labute approximate surface area is 93.8 Å². The third kappa shape index (κ3) is 2.48. The van der Waals surface area contributed by atoms with Crippen molar-refractivity contribution >= 4 is 5.97 Å². The number of hydrogen-bond acceptors (Lipinski definition) is 4. The smallest absolute Gasteiger partial charge is 0.344 e. The standard InChI is InChI=1S/C11H16N2O3/c1-4-6-8-9(11(15)16-5-2)10(14)7(3)12-13-8/h4-6H2,1-3H3,(H,13,14). The summed E-state index contributed by atoms with van der Waals surface area (Å²) < 4.78 is 4.86. The molecule has 0 saturated heterocycles. The SMILES string of the molecule is CCCc1[nH]nc(C)c(=O)c1C(=O)OCC. The predicted octanol–water partition coefficient (Wildman–Crippen LogP) is 1.21. The van der Waals surface area contributed by atoms with Gasteiger partial charge in [0, 0.05) is 0 Å². The summed E-state index contributed by atoms with van der Waals surface area (Å²) in [6, 6.07) is 0. The Kier molecular flexibility index (Phi) is 4.22. The van der Waals surface area contributed by atoms with Crippen LogP contribution in [0.5, 0.6) is 0 Å². The van der Waals surface area contributed by atoms with Crippen LogP contribution in [-0.2, 0) is 11.2 Å². The molecule has 1 N–H and O–H groups in total. The molecule has 0 fully saturated rings. The average molecular weight is 224 g/mol. The number of H-pyrrole nitrogens is 1. The molecule has 1 aromatic rings. The monoisotopic (exact) mass is 224 g/mol. The van der Waals surface area contributed by atoms with Crippen molar-refractivity contribution in [3.05, 3.63) is 27.2 Å². The molecular weight excluding hydrogens is 208 g/mol. The number of carbonyl (C=O) groups excluding carboxylic acids is 1. The molecule has 88 valence electrons. The summed E-state index contributed by atoms with van der Waals surface area (Å²) in [5.41, 5.74) is 0.580. The molecule has 1 aromatic heterocycles. The largest absolute Gasteiger partial charge is 0.462 e. The van der Waals surface area contributed by atoms with E-state index in [9.17, 15) is 9.59 Å². The first kappa shape index (κ1) is 12.4. The van der Waals surface area contributed by atoms with Crippen molar-refractivity contribution in [3.8, 4) is 0 Å². The van der Waals surface area contributed by atoms with Crippen LogP contribution in [0.25, 0.3) is 0 Å². The number of carbonyl (C=O) groups is 1. The Morgan fingerprint density at radius 2 is 2.12 bits per heavy atom. The van der Waals surface area contributed by atoms with Crippen molar-refractivity contribution in [1.82, 2.24) is 10.2 Å². The number of nitrogens with zero attached hydrogens (tertiary/aromatic N) is 1. The van der Waals surface area contributed by atoms with E-state index in [2.05, 4.69) is 10.2 Å². The molecule has 16 heavy (non-hydrogen) atoms. The number of aromatic nitrogens is 2. The first-order chi connectivity index (χ1) is 7.61. The maximum Gasteiger partial charge on any atom is 0.344 e. The van der Waals surface area contributed by atoms with Crippen LogP contribution in [0, 0.1) is 6.92 Å². The molecule has 0 aliphatic heterocycles. The van der Waals surface area contributed by atoms with E-state index in [-0.39, 0.29) is 23.3 Å². The number of hydrogen-bond donors (Lipinski definition) is 1. The Morgan fingerprint density at radius 1 is 1.44 bits per heavy atom. The first-order valence-corrected chi connectivity index (χ1v) is 5.37.